The third-order valence-electron chi connectivity index (χ3n) is 3.87. The molecule has 3 nitrogen and oxygen atoms in total. The molecule has 1 unspecified atom stereocenters. The van der Waals surface area contributed by atoms with Gasteiger partial charge >= 0.3 is 0 Å². The molecule has 100 valence electrons. The summed E-state index contributed by atoms with van der Waals surface area (Å²) in [4.78, 5) is 6.31. The van der Waals surface area contributed by atoms with Crippen LogP contribution in [0.1, 0.15) is 37.7 Å². The highest BCUT2D eigenvalue weighted by Crippen LogP contribution is 2.26. The van der Waals surface area contributed by atoms with Gasteiger partial charge in [-0.2, -0.15) is 0 Å². The van der Waals surface area contributed by atoms with Crippen LogP contribution in [0.5, 0.6) is 0 Å². The molecule has 0 aliphatic heterocycles. The normalized spacial score (nSPS) is 19.1. The Hall–Kier alpha value is -0.930. The number of aliphatic hydroxyl groups is 1. The van der Waals surface area contributed by atoms with Crippen molar-refractivity contribution in [2.24, 2.45) is 5.92 Å². The SMILES string of the molecule is CN(Cc1cccnc1)CC(O)C1CCCCC1. The molecular weight excluding hydrogens is 224 g/mol. The van der Waals surface area contributed by atoms with Gasteiger partial charge in [-0.05, 0) is 37.4 Å². The Morgan fingerprint density at radius 1 is 1.39 bits per heavy atom. The van der Waals surface area contributed by atoms with Gasteiger partial charge in [0, 0.05) is 25.5 Å². The second kappa shape index (κ2) is 6.86. The van der Waals surface area contributed by atoms with E-state index >= 15 is 0 Å². The van der Waals surface area contributed by atoms with Gasteiger partial charge in [-0.25, -0.2) is 0 Å². The molecule has 1 fully saturated rings. The van der Waals surface area contributed by atoms with Gasteiger partial charge in [0.25, 0.3) is 0 Å². The number of likely N-dealkylation sites (N-methyl/N-ethyl adjacent to an activating group) is 1. The molecule has 1 heterocycles. The van der Waals surface area contributed by atoms with Gasteiger partial charge in [0.05, 0.1) is 6.10 Å². The lowest BCUT2D eigenvalue weighted by molar-refractivity contribution is 0.0531. The quantitative estimate of drug-likeness (QED) is 0.869. The van der Waals surface area contributed by atoms with Crippen molar-refractivity contribution in [3.05, 3.63) is 30.1 Å². The van der Waals surface area contributed by atoms with E-state index in [2.05, 4.69) is 23.0 Å². The molecule has 1 aliphatic rings. The van der Waals surface area contributed by atoms with E-state index in [9.17, 15) is 5.11 Å². The molecule has 0 radical (unpaired) electrons. The maximum Gasteiger partial charge on any atom is 0.0695 e. The highest BCUT2D eigenvalue weighted by Gasteiger charge is 2.22. The Balaban J connectivity index is 1.77. The van der Waals surface area contributed by atoms with Crippen molar-refractivity contribution < 1.29 is 5.11 Å². The highest BCUT2D eigenvalue weighted by atomic mass is 16.3. The first-order chi connectivity index (χ1) is 8.75. The first-order valence-electron chi connectivity index (χ1n) is 7.01. The van der Waals surface area contributed by atoms with Gasteiger partial charge in [-0.15, -0.1) is 0 Å². The molecule has 1 N–H and O–H groups in total. The van der Waals surface area contributed by atoms with Crippen molar-refractivity contribution >= 4 is 0 Å². The van der Waals surface area contributed by atoms with Crippen LogP contribution in [0.2, 0.25) is 0 Å². The lowest BCUT2D eigenvalue weighted by atomic mass is 9.85. The maximum absolute atomic E-state index is 10.3. The molecule has 1 atom stereocenters. The van der Waals surface area contributed by atoms with Crippen LogP contribution in [0.25, 0.3) is 0 Å². The molecule has 1 aromatic rings. The van der Waals surface area contributed by atoms with Crippen LogP contribution in [0.4, 0.5) is 0 Å². The lowest BCUT2D eigenvalue weighted by Crippen LogP contribution is -2.35. The molecule has 0 amide bonds. The molecule has 1 aliphatic carbocycles. The summed E-state index contributed by atoms with van der Waals surface area (Å²) in [5.41, 5.74) is 1.20. The van der Waals surface area contributed by atoms with Crippen LogP contribution in [0.3, 0.4) is 0 Å². The number of hydrogen-bond acceptors (Lipinski definition) is 3. The van der Waals surface area contributed by atoms with E-state index in [1.807, 2.05) is 12.3 Å². The van der Waals surface area contributed by atoms with Crippen molar-refractivity contribution in [1.82, 2.24) is 9.88 Å². The van der Waals surface area contributed by atoms with Crippen LogP contribution in [-0.2, 0) is 6.54 Å². The fourth-order valence-electron chi connectivity index (χ4n) is 2.86. The van der Waals surface area contributed by atoms with E-state index in [0.29, 0.717) is 5.92 Å². The fourth-order valence-corrected chi connectivity index (χ4v) is 2.86. The van der Waals surface area contributed by atoms with Gasteiger partial charge in [0.2, 0.25) is 0 Å². The summed E-state index contributed by atoms with van der Waals surface area (Å²) in [6, 6.07) is 4.04. The van der Waals surface area contributed by atoms with Crippen molar-refractivity contribution in [2.75, 3.05) is 13.6 Å². The van der Waals surface area contributed by atoms with Crippen LogP contribution >= 0.6 is 0 Å². The molecule has 1 saturated carbocycles. The Labute approximate surface area is 110 Å². The van der Waals surface area contributed by atoms with Crippen molar-refractivity contribution in [3.63, 3.8) is 0 Å². The number of pyridine rings is 1. The summed E-state index contributed by atoms with van der Waals surface area (Å²) in [6.45, 7) is 1.62. The second-order valence-electron chi connectivity index (χ2n) is 5.52. The van der Waals surface area contributed by atoms with Crippen LogP contribution in [0.15, 0.2) is 24.5 Å². The van der Waals surface area contributed by atoms with E-state index in [1.54, 1.807) is 6.20 Å². The first kappa shape index (κ1) is 13.5. The Morgan fingerprint density at radius 2 is 2.17 bits per heavy atom. The smallest absolute Gasteiger partial charge is 0.0695 e. The molecule has 2 rings (SSSR count). The number of aliphatic hydroxyl groups excluding tert-OH is 1. The fraction of sp³-hybridized carbons (Fsp3) is 0.667. The molecular formula is C15H24N2O. The Morgan fingerprint density at radius 3 is 2.83 bits per heavy atom. The summed E-state index contributed by atoms with van der Waals surface area (Å²) in [5.74, 6) is 0.509. The number of nitrogens with zero attached hydrogens (tertiary/aromatic N) is 2. The van der Waals surface area contributed by atoms with Crippen LogP contribution < -0.4 is 0 Å². The maximum atomic E-state index is 10.3. The number of aromatic nitrogens is 1. The van der Waals surface area contributed by atoms with E-state index in [-0.39, 0.29) is 6.10 Å². The average Bonchev–Trinajstić information content (AvgIpc) is 2.40. The predicted octanol–water partition coefficient (Wildman–Crippen LogP) is 2.45. The van der Waals surface area contributed by atoms with Crippen LogP contribution in [0, 0.1) is 5.92 Å². The molecule has 1 aromatic heterocycles. The van der Waals surface area contributed by atoms with Crippen molar-refractivity contribution in [3.8, 4) is 0 Å². The average molecular weight is 248 g/mol. The standard InChI is InChI=1S/C15H24N2O/c1-17(11-13-6-5-9-16-10-13)12-15(18)14-7-3-2-4-8-14/h5-6,9-10,14-15,18H,2-4,7-8,11-12H2,1H3. The third-order valence-corrected chi connectivity index (χ3v) is 3.87. The summed E-state index contributed by atoms with van der Waals surface area (Å²) in [6.07, 6.45) is 9.82. The zero-order valence-corrected chi connectivity index (χ0v) is 11.3. The zero-order valence-electron chi connectivity index (χ0n) is 11.3. The molecule has 18 heavy (non-hydrogen) atoms. The molecule has 3 heteroatoms. The predicted molar refractivity (Wildman–Crippen MR) is 73.2 cm³/mol. The zero-order chi connectivity index (χ0) is 12.8. The summed E-state index contributed by atoms with van der Waals surface area (Å²) < 4.78 is 0. The summed E-state index contributed by atoms with van der Waals surface area (Å²) >= 11 is 0. The second-order valence-corrected chi connectivity index (χ2v) is 5.52. The van der Waals surface area contributed by atoms with Gasteiger partial charge < -0.3 is 5.11 Å². The van der Waals surface area contributed by atoms with Gasteiger partial charge in [-0.3, -0.25) is 9.88 Å². The van der Waals surface area contributed by atoms with E-state index < -0.39 is 0 Å². The first-order valence-corrected chi connectivity index (χ1v) is 7.01. The number of rotatable bonds is 5. The monoisotopic (exact) mass is 248 g/mol. The topological polar surface area (TPSA) is 36.4 Å². The molecule has 0 spiro atoms. The minimum absolute atomic E-state index is 0.174. The number of hydrogen-bond donors (Lipinski definition) is 1. The largest absolute Gasteiger partial charge is 0.392 e. The van der Waals surface area contributed by atoms with E-state index in [4.69, 9.17) is 0 Å². The van der Waals surface area contributed by atoms with Gasteiger partial charge in [0.15, 0.2) is 0 Å². The third kappa shape index (κ3) is 4.07. The molecule has 0 bridgehead atoms. The van der Waals surface area contributed by atoms with Crippen LogP contribution in [-0.4, -0.2) is 34.7 Å². The highest BCUT2D eigenvalue weighted by molar-refractivity contribution is 5.07. The lowest BCUT2D eigenvalue weighted by Gasteiger charge is -2.29. The minimum atomic E-state index is -0.174. The summed E-state index contributed by atoms with van der Waals surface area (Å²) in [5, 5.41) is 10.3. The van der Waals surface area contributed by atoms with Gasteiger partial charge in [-0.1, -0.05) is 25.3 Å². The Kier molecular flexibility index (Phi) is 5.14. The minimum Gasteiger partial charge on any atom is -0.392 e. The van der Waals surface area contributed by atoms with Crippen molar-refractivity contribution in [1.29, 1.82) is 0 Å². The van der Waals surface area contributed by atoms with E-state index in [1.165, 1.54) is 37.7 Å². The summed E-state index contributed by atoms with van der Waals surface area (Å²) in [7, 11) is 2.07. The van der Waals surface area contributed by atoms with Crippen molar-refractivity contribution in [2.45, 2.75) is 44.8 Å². The van der Waals surface area contributed by atoms with E-state index in [0.717, 1.165) is 13.1 Å². The molecule has 0 aromatic carbocycles. The molecule has 0 saturated heterocycles. The van der Waals surface area contributed by atoms with Gasteiger partial charge in [0.1, 0.15) is 0 Å². The Bertz CT molecular complexity index is 336.